The third kappa shape index (κ3) is 5.36. The van der Waals surface area contributed by atoms with Crippen molar-refractivity contribution in [1.82, 2.24) is 4.98 Å². The Morgan fingerprint density at radius 1 is 1.14 bits per heavy atom. The highest BCUT2D eigenvalue weighted by Crippen LogP contribution is 2.27. The molecule has 0 unspecified atom stereocenters. The lowest BCUT2D eigenvalue weighted by Crippen LogP contribution is -2.30. The first-order valence-electron chi connectivity index (χ1n) is 8.66. The Kier molecular flexibility index (Phi) is 6.51. The molecular weight excluding hydrogens is 399 g/mol. The van der Waals surface area contributed by atoms with Gasteiger partial charge in [0.05, 0.1) is 17.8 Å². The number of anilines is 1. The van der Waals surface area contributed by atoms with Crippen molar-refractivity contribution in [1.29, 1.82) is 0 Å². The molecule has 150 valence electrons. The van der Waals surface area contributed by atoms with Crippen LogP contribution in [-0.4, -0.2) is 24.1 Å². The van der Waals surface area contributed by atoms with Crippen LogP contribution < -0.4 is 19.5 Å². The van der Waals surface area contributed by atoms with Crippen molar-refractivity contribution in [2.75, 3.05) is 12.4 Å². The van der Waals surface area contributed by atoms with Crippen molar-refractivity contribution >= 4 is 23.2 Å². The molecular formula is C21H18ClFN2O4. The molecule has 0 aliphatic rings. The molecule has 3 aromatic rings. The number of benzene rings is 2. The summed E-state index contributed by atoms with van der Waals surface area (Å²) in [6, 6.07) is 14.6. The van der Waals surface area contributed by atoms with E-state index in [1.165, 1.54) is 13.3 Å². The Morgan fingerprint density at radius 3 is 2.52 bits per heavy atom. The lowest BCUT2D eigenvalue weighted by Gasteiger charge is -2.16. The van der Waals surface area contributed by atoms with E-state index in [4.69, 9.17) is 25.8 Å². The SMILES string of the molecule is COc1ccccc1NC(=O)[C@@H](C)Oc1ccc(Oc2ncc(Cl)cc2F)cc1. The van der Waals surface area contributed by atoms with Gasteiger partial charge in [-0.3, -0.25) is 4.79 Å². The van der Waals surface area contributed by atoms with Crippen LogP contribution >= 0.6 is 11.6 Å². The fraction of sp³-hybridized carbons (Fsp3) is 0.143. The van der Waals surface area contributed by atoms with Crippen LogP contribution in [0.25, 0.3) is 0 Å². The van der Waals surface area contributed by atoms with Crippen molar-refractivity contribution < 1.29 is 23.4 Å². The number of nitrogens with one attached hydrogen (secondary N) is 1. The Balaban J connectivity index is 1.60. The first kappa shape index (κ1) is 20.4. The lowest BCUT2D eigenvalue weighted by atomic mass is 10.2. The van der Waals surface area contributed by atoms with E-state index in [1.807, 2.05) is 6.07 Å². The fourth-order valence-electron chi connectivity index (χ4n) is 2.41. The van der Waals surface area contributed by atoms with Crippen LogP contribution in [0.4, 0.5) is 10.1 Å². The predicted octanol–water partition coefficient (Wildman–Crippen LogP) is 5.08. The Bertz CT molecular complexity index is 998. The van der Waals surface area contributed by atoms with Crippen molar-refractivity contribution in [3.05, 3.63) is 71.6 Å². The molecule has 29 heavy (non-hydrogen) atoms. The van der Waals surface area contributed by atoms with Gasteiger partial charge in [-0.2, -0.15) is 0 Å². The monoisotopic (exact) mass is 416 g/mol. The van der Waals surface area contributed by atoms with Crippen LogP contribution in [0, 0.1) is 5.82 Å². The van der Waals surface area contributed by atoms with Crippen molar-refractivity contribution in [3.8, 4) is 23.1 Å². The van der Waals surface area contributed by atoms with Crippen LogP contribution in [0.5, 0.6) is 23.1 Å². The zero-order valence-corrected chi connectivity index (χ0v) is 16.4. The first-order chi connectivity index (χ1) is 14.0. The summed E-state index contributed by atoms with van der Waals surface area (Å²) in [5.41, 5.74) is 0.552. The normalized spacial score (nSPS) is 11.4. The summed E-state index contributed by atoms with van der Waals surface area (Å²) in [4.78, 5) is 16.2. The number of carbonyl (C=O) groups excluding carboxylic acids is 1. The van der Waals surface area contributed by atoms with E-state index in [-0.39, 0.29) is 16.8 Å². The van der Waals surface area contributed by atoms with E-state index >= 15 is 0 Å². The van der Waals surface area contributed by atoms with Gasteiger partial charge in [0.2, 0.25) is 0 Å². The molecule has 0 spiro atoms. The molecule has 1 aromatic heterocycles. The number of carbonyl (C=O) groups is 1. The minimum Gasteiger partial charge on any atom is -0.495 e. The lowest BCUT2D eigenvalue weighted by molar-refractivity contribution is -0.122. The van der Waals surface area contributed by atoms with Gasteiger partial charge >= 0.3 is 0 Å². The molecule has 0 aliphatic heterocycles. The summed E-state index contributed by atoms with van der Waals surface area (Å²) in [6.45, 7) is 1.63. The van der Waals surface area contributed by atoms with E-state index in [0.29, 0.717) is 22.9 Å². The second kappa shape index (κ2) is 9.25. The Hall–Kier alpha value is -3.32. The number of aromatic nitrogens is 1. The molecule has 0 radical (unpaired) electrons. The second-order valence-electron chi connectivity index (χ2n) is 5.96. The highest BCUT2D eigenvalue weighted by molar-refractivity contribution is 6.30. The molecule has 0 saturated heterocycles. The average molecular weight is 417 g/mol. The average Bonchev–Trinajstić information content (AvgIpc) is 2.71. The summed E-state index contributed by atoms with van der Waals surface area (Å²) < 4.78 is 30.0. The van der Waals surface area contributed by atoms with E-state index in [9.17, 15) is 9.18 Å². The smallest absolute Gasteiger partial charge is 0.265 e. The zero-order chi connectivity index (χ0) is 20.8. The summed E-state index contributed by atoms with van der Waals surface area (Å²) in [6.07, 6.45) is 0.529. The van der Waals surface area contributed by atoms with Crippen LogP contribution in [0.2, 0.25) is 5.02 Å². The van der Waals surface area contributed by atoms with Gasteiger partial charge in [-0.25, -0.2) is 9.37 Å². The van der Waals surface area contributed by atoms with Crippen molar-refractivity contribution in [2.24, 2.45) is 0 Å². The number of rotatable bonds is 7. The van der Waals surface area contributed by atoms with Crippen LogP contribution in [-0.2, 0) is 4.79 Å². The summed E-state index contributed by atoms with van der Waals surface area (Å²) >= 11 is 5.67. The number of hydrogen-bond donors (Lipinski definition) is 1. The third-order valence-corrected chi connectivity index (χ3v) is 4.07. The number of nitrogens with zero attached hydrogens (tertiary/aromatic N) is 1. The van der Waals surface area contributed by atoms with Crippen LogP contribution in [0.3, 0.4) is 0 Å². The van der Waals surface area contributed by atoms with Gasteiger partial charge < -0.3 is 19.5 Å². The van der Waals surface area contributed by atoms with E-state index in [0.717, 1.165) is 6.07 Å². The molecule has 1 N–H and O–H groups in total. The maximum Gasteiger partial charge on any atom is 0.265 e. The molecule has 1 heterocycles. The molecule has 1 amide bonds. The number of ether oxygens (including phenoxy) is 3. The summed E-state index contributed by atoms with van der Waals surface area (Å²) in [5, 5.41) is 2.94. The minimum absolute atomic E-state index is 0.180. The van der Waals surface area contributed by atoms with Crippen molar-refractivity contribution in [3.63, 3.8) is 0 Å². The second-order valence-corrected chi connectivity index (χ2v) is 6.40. The Labute approximate surface area is 172 Å². The van der Waals surface area contributed by atoms with Gasteiger partial charge in [0.1, 0.15) is 17.2 Å². The van der Waals surface area contributed by atoms with Gasteiger partial charge in [-0.15, -0.1) is 0 Å². The zero-order valence-electron chi connectivity index (χ0n) is 15.7. The number of hydrogen-bond acceptors (Lipinski definition) is 5. The van der Waals surface area contributed by atoms with Gasteiger partial charge in [0.25, 0.3) is 11.8 Å². The van der Waals surface area contributed by atoms with Gasteiger partial charge in [-0.1, -0.05) is 23.7 Å². The third-order valence-electron chi connectivity index (χ3n) is 3.86. The van der Waals surface area contributed by atoms with Gasteiger partial charge in [-0.05, 0) is 49.4 Å². The molecule has 0 bridgehead atoms. The predicted molar refractivity (Wildman–Crippen MR) is 107 cm³/mol. The topological polar surface area (TPSA) is 69.7 Å². The van der Waals surface area contributed by atoms with Gasteiger partial charge in [0, 0.05) is 6.20 Å². The highest BCUT2D eigenvalue weighted by atomic mass is 35.5. The number of amides is 1. The molecule has 3 rings (SSSR count). The molecule has 1 atom stereocenters. The molecule has 0 fully saturated rings. The van der Waals surface area contributed by atoms with Gasteiger partial charge in [0.15, 0.2) is 11.9 Å². The molecule has 2 aromatic carbocycles. The maximum atomic E-state index is 13.8. The number of pyridine rings is 1. The molecule has 8 heteroatoms. The van der Waals surface area contributed by atoms with E-state index in [2.05, 4.69) is 10.3 Å². The summed E-state index contributed by atoms with van der Waals surface area (Å²) in [7, 11) is 1.53. The quantitative estimate of drug-likeness (QED) is 0.581. The van der Waals surface area contributed by atoms with Crippen LogP contribution in [0.15, 0.2) is 60.8 Å². The number of para-hydroxylation sites is 2. The van der Waals surface area contributed by atoms with E-state index in [1.54, 1.807) is 49.4 Å². The van der Waals surface area contributed by atoms with Crippen molar-refractivity contribution in [2.45, 2.75) is 13.0 Å². The molecule has 0 aliphatic carbocycles. The number of methoxy groups -OCH3 is 1. The van der Waals surface area contributed by atoms with Crippen LogP contribution in [0.1, 0.15) is 6.92 Å². The standard InChI is InChI=1S/C21H18ClFN2O4/c1-13(20(26)25-18-5-3-4-6-19(18)27-2)28-15-7-9-16(10-8-15)29-21-17(23)11-14(22)12-24-21/h3-13H,1-2H3,(H,25,26)/t13-/m1/s1. The first-order valence-corrected chi connectivity index (χ1v) is 9.03. The molecule has 6 nitrogen and oxygen atoms in total. The Morgan fingerprint density at radius 2 is 1.83 bits per heavy atom. The summed E-state index contributed by atoms with van der Waals surface area (Å²) in [5.74, 6) is 0.175. The largest absolute Gasteiger partial charge is 0.495 e. The minimum atomic E-state index is -0.762. The maximum absolute atomic E-state index is 13.8. The highest BCUT2D eigenvalue weighted by Gasteiger charge is 2.17. The molecule has 0 saturated carbocycles. The fourth-order valence-corrected chi connectivity index (χ4v) is 2.56. The van der Waals surface area contributed by atoms with E-state index < -0.39 is 11.9 Å². The number of halogens is 2.